The number of phenolic OH excluding ortho intramolecular Hbond substituents is 1. The van der Waals surface area contributed by atoms with Crippen LogP contribution < -0.4 is 15.2 Å². The van der Waals surface area contributed by atoms with Gasteiger partial charge in [0, 0.05) is 11.6 Å². The molecule has 0 radical (unpaired) electrons. The molecule has 1 atom stereocenters. The van der Waals surface area contributed by atoms with E-state index in [-0.39, 0.29) is 5.82 Å². The highest BCUT2D eigenvalue weighted by atomic mass is 16.6. The van der Waals surface area contributed by atoms with Gasteiger partial charge in [0.1, 0.15) is 5.82 Å². The van der Waals surface area contributed by atoms with E-state index in [0.29, 0.717) is 36.1 Å². The summed E-state index contributed by atoms with van der Waals surface area (Å²) in [6.07, 6.45) is 0. The zero-order valence-electron chi connectivity index (χ0n) is 16.0. The van der Waals surface area contributed by atoms with Gasteiger partial charge in [-0.15, -0.1) is 0 Å². The summed E-state index contributed by atoms with van der Waals surface area (Å²) in [6, 6.07) is 8.67. The van der Waals surface area contributed by atoms with Crippen LogP contribution in [0.4, 0.5) is 5.69 Å². The molecule has 0 fully saturated rings. The second kappa shape index (κ2) is 8.57. The number of hydrogen-bond donors (Lipinski definition) is 3. The molecule has 0 amide bonds. The Bertz CT molecular complexity index is 1020. The number of aromatic nitrogens is 3. The molecule has 0 aliphatic carbocycles. The van der Waals surface area contributed by atoms with Crippen molar-refractivity contribution in [2.75, 3.05) is 13.2 Å². The molecule has 29 heavy (non-hydrogen) atoms. The first kappa shape index (κ1) is 20.1. The average molecular weight is 399 g/mol. The second-order valence-electron chi connectivity index (χ2n) is 6.05. The zero-order chi connectivity index (χ0) is 21.0. The minimum atomic E-state index is -0.673. The number of nitrogens with zero attached hydrogens (tertiary/aromatic N) is 3. The lowest BCUT2D eigenvalue weighted by Gasteiger charge is -2.14. The van der Waals surface area contributed by atoms with E-state index >= 15 is 0 Å². The largest absolute Gasteiger partial charge is 0.502 e. The van der Waals surface area contributed by atoms with Gasteiger partial charge < -0.3 is 20.3 Å². The molecule has 2 aromatic carbocycles. The van der Waals surface area contributed by atoms with Crippen molar-refractivity contribution in [3.63, 3.8) is 0 Å². The van der Waals surface area contributed by atoms with Gasteiger partial charge in [-0.3, -0.25) is 15.2 Å². The van der Waals surface area contributed by atoms with E-state index in [1.54, 1.807) is 12.1 Å². The number of rotatable bonds is 8. The van der Waals surface area contributed by atoms with E-state index in [0.717, 1.165) is 5.56 Å². The fourth-order valence-corrected chi connectivity index (χ4v) is 2.77. The van der Waals surface area contributed by atoms with Crippen molar-refractivity contribution in [2.45, 2.75) is 19.9 Å². The van der Waals surface area contributed by atoms with Crippen LogP contribution in [0.25, 0.3) is 11.4 Å². The predicted molar refractivity (Wildman–Crippen MR) is 105 cm³/mol. The van der Waals surface area contributed by atoms with Gasteiger partial charge in [0.2, 0.25) is 0 Å². The number of ether oxygens (including phenoxy) is 2. The third kappa shape index (κ3) is 4.27. The molecule has 0 aliphatic heterocycles. The first-order chi connectivity index (χ1) is 13.9. The highest BCUT2D eigenvalue weighted by Gasteiger charge is 2.20. The standard InChI is InChI=1S/C19H21N5O5/c1-3-28-15-8-6-11(10-16(15)29-4-2)17(20)19-21-18(22-23-19)12-5-7-14(25)13(9-12)24(26)27/h5-10,17,25H,3-4,20H2,1-2H3,(H,21,22,23)/t17-/m0/s1. The van der Waals surface area contributed by atoms with Crippen molar-refractivity contribution >= 4 is 5.69 Å². The van der Waals surface area contributed by atoms with Crippen molar-refractivity contribution < 1.29 is 19.5 Å². The smallest absolute Gasteiger partial charge is 0.311 e. The minimum Gasteiger partial charge on any atom is -0.502 e. The molecule has 3 rings (SSSR count). The van der Waals surface area contributed by atoms with Gasteiger partial charge in [-0.05, 0) is 43.7 Å². The lowest BCUT2D eigenvalue weighted by atomic mass is 10.1. The van der Waals surface area contributed by atoms with Crippen LogP contribution in [0.3, 0.4) is 0 Å². The number of phenols is 1. The molecule has 0 aliphatic rings. The van der Waals surface area contributed by atoms with Crippen LogP contribution in [-0.4, -0.2) is 38.4 Å². The van der Waals surface area contributed by atoms with E-state index in [2.05, 4.69) is 15.2 Å². The number of nitrogens with one attached hydrogen (secondary N) is 1. The van der Waals surface area contributed by atoms with E-state index in [1.807, 2.05) is 19.9 Å². The summed E-state index contributed by atoms with van der Waals surface area (Å²) >= 11 is 0. The molecule has 0 spiro atoms. The van der Waals surface area contributed by atoms with Crippen molar-refractivity contribution in [3.05, 3.63) is 57.9 Å². The van der Waals surface area contributed by atoms with Crippen LogP contribution in [-0.2, 0) is 0 Å². The van der Waals surface area contributed by atoms with Gasteiger partial charge in [0.05, 0.1) is 24.2 Å². The van der Waals surface area contributed by atoms with Gasteiger partial charge in [-0.25, -0.2) is 4.98 Å². The number of nitro benzene ring substituents is 1. The van der Waals surface area contributed by atoms with E-state index in [9.17, 15) is 15.2 Å². The molecule has 0 saturated carbocycles. The summed E-state index contributed by atoms with van der Waals surface area (Å²) in [5.74, 6) is 1.39. The zero-order valence-corrected chi connectivity index (χ0v) is 16.0. The van der Waals surface area contributed by atoms with Gasteiger partial charge in [0.15, 0.2) is 23.1 Å². The molecule has 0 bridgehead atoms. The highest BCUT2D eigenvalue weighted by Crippen LogP contribution is 2.33. The summed E-state index contributed by atoms with van der Waals surface area (Å²) in [7, 11) is 0. The lowest BCUT2D eigenvalue weighted by Crippen LogP contribution is -2.14. The molecule has 0 unspecified atom stereocenters. The number of aromatic amines is 1. The SMILES string of the molecule is CCOc1ccc([C@H](N)c2nc(-c3ccc(O)c([N+](=O)[O-])c3)n[nH]2)cc1OCC. The number of aromatic hydroxyl groups is 1. The maximum atomic E-state index is 11.0. The molecular weight excluding hydrogens is 378 g/mol. The fourth-order valence-electron chi connectivity index (χ4n) is 2.77. The molecule has 10 nitrogen and oxygen atoms in total. The van der Waals surface area contributed by atoms with Crippen molar-refractivity contribution in [3.8, 4) is 28.6 Å². The van der Waals surface area contributed by atoms with Crippen LogP contribution in [0.5, 0.6) is 17.2 Å². The Morgan fingerprint density at radius 3 is 2.59 bits per heavy atom. The highest BCUT2D eigenvalue weighted by molar-refractivity contribution is 5.63. The molecule has 4 N–H and O–H groups in total. The second-order valence-corrected chi connectivity index (χ2v) is 6.05. The van der Waals surface area contributed by atoms with Crippen LogP contribution in [0.1, 0.15) is 31.3 Å². The summed E-state index contributed by atoms with van der Waals surface area (Å²) in [5.41, 5.74) is 7.01. The third-order valence-corrected chi connectivity index (χ3v) is 4.15. The molecule has 1 aromatic heterocycles. The quantitative estimate of drug-likeness (QED) is 0.386. The van der Waals surface area contributed by atoms with Gasteiger partial charge in [-0.2, -0.15) is 5.10 Å². The Balaban J connectivity index is 1.89. The van der Waals surface area contributed by atoms with Crippen molar-refractivity contribution in [2.24, 2.45) is 5.73 Å². The topological polar surface area (TPSA) is 149 Å². The Kier molecular flexibility index (Phi) is 5.93. The summed E-state index contributed by atoms with van der Waals surface area (Å²) in [6.45, 7) is 4.75. The number of nitrogens with two attached hydrogens (primary N) is 1. The number of nitro groups is 1. The molecule has 0 saturated heterocycles. The van der Waals surface area contributed by atoms with Crippen LogP contribution in [0, 0.1) is 10.1 Å². The molecule has 152 valence electrons. The summed E-state index contributed by atoms with van der Waals surface area (Å²) in [5, 5.41) is 27.5. The van der Waals surface area contributed by atoms with Crippen LogP contribution in [0.15, 0.2) is 36.4 Å². The van der Waals surface area contributed by atoms with E-state index in [1.165, 1.54) is 18.2 Å². The van der Waals surface area contributed by atoms with E-state index in [4.69, 9.17) is 15.2 Å². The predicted octanol–water partition coefficient (Wildman–Crippen LogP) is 2.93. The number of hydrogen-bond acceptors (Lipinski definition) is 8. The molecule has 3 aromatic rings. The average Bonchev–Trinajstić information content (AvgIpc) is 3.19. The first-order valence-electron chi connectivity index (χ1n) is 8.99. The summed E-state index contributed by atoms with van der Waals surface area (Å²) < 4.78 is 11.2. The normalized spacial score (nSPS) is 11.8. The molecule has 10 heteroatoms. The Labute approximate surface area is 166 Å². The number of H-pyrrole nitrogens is 1. The number of benzene rings is 2. The van der Waals surface area contributed by atoms with Gasteiger partial charge in [0.25, 0.3) is 0 Å². The first-order valence-corrected chi connectivity index (χ1v) is 8.99. The van der Waals surface area contributed by atoms with Gasteiger partial charge in [-0.1, -0.05) is 6.07 Å². The Hall–Kier alpha value is -3.66. The maximum absolute atomic E-state index is 11.0. The van der Waals surface area contributed by atoms with Crippen LogP contribution in [0.2, 0.25) is 0 Å². The Morgan fingerprint density at radius 2 is 1.90 bits per heavy atom. The van der Waals surface area contributed by atoms with Gasteiger partial charge >= 0.3 is 5.69 Å². The Morgan fingerprint density at radius 1 is 1.17 bits per heavy atom. The molecule has 1 heterocycles. The maximum Gasteiger partial charge on any atom is 0.311 e. The van der Waals surface area contributed by atoms with Crippen molar-refractivity contribution in [1.29, 1.82) is 0 Å². The lowest BCUT2D eigenvalue weighted by molar-refractivity contribution is -0.385. The monoisotopic (exact) mass is 399 g/mol. The molecular formula is C19H21N5O5. The fraction of sp³-hybridized carbons (Fsp3) is 0.263. The minimum absolute atomic E-state index is 0.231. The van der Waals surface area contributed by atoms with E-state index < -0.39 is 22.4 Å². The third-order valence-electron chi connectivity index (χ3n) is 4.15. The summed E-state index contributed by atoms with van der Waals surface area (Å²) in [4.78, 5) is 14.7. The van der Waals surface area contributed by atoms with Crippen LogP contribution >= 0.6 is 0 Å². The van der Waals surface area contributed by atoms with Crippen molar-refractivity contribution in [1.82, 2.24) is 15.2 Å².